The third-order valence-corrected chi connectivity index (χ3v) is 6.01. The van der Waals surface area contributed by atoms with Gasteiger partial charge >= 0.3 is 0 Å². The van der Waals surface area contributed by atoms with Crippen LogP contribution in [-0.4, -0.2) is 29.9 Å². The van der Waals surface area contributed by atoms with Crippen LogP contribution in [0.1, 0.15) is 16.1 Å². The fourth-order valence-corrected chi connectivity index (χ4v) is 4.61. The van der Waals surface area contributed by atoms with Crippen LogP contribution in [-0.2, 0) is 0 Å². The average Bonchev–Trinajstić information content (AvgIpc) is 3.21. The number of benzene rings is 2. The molecule has 1 aliphatic rings. The van der Waals surface area contributed by atoms with Gasteiger partial charge in [0.15, 0.2) is 0 Å². The quantitative estimate of drug-likeness (QED) is 0.725. The Morgan fingerprint density at radius 3 is 2.67 bits per heavy atom. The number of rotatable bonds is 3. The maximum Gasteiger partial charge on any atom is 0.265 e. The lowest BCUT2D eigenvalue weighted by atomic mass is 10.2. The molecule has 24 heavy (non-hydrogen) atoms. The minimum absolute atomic E-state index is 0.0403. The van der Waals surface area contributed by atoms with E-state index in [2.05, 4.69) is 5.32 Å². The number of carbonyl (C=O) groups is 1. The van der Waals surface area contributed by atoms with Crippen molar-refractivity contribution in [3.05, 3.63) is 64.5 Å². The minimum atomic E-state index is 0.0403. The van der Waals surface area contributed by atoms with Crippen molar-refractivity contribution in [2.24, 2.45) is 0 Å². The number of hydrogen-bond donors (Lipinski definition) is 1. The monoisotopic (exact) mass is 356 g/mol. The Labute approximate surface area is 149 Å². The normalized spacial score (nSPS) is 17.4. The largest absolute Gasteiger partial charge is 0.380 e. The van der Waals surface area contributed by atoms with E-state index in [1.165, 1.54) is 11.3 Å². The smallest absolute Gasteiger partial charge is 0.265 e. The van der Waals surface area contributed by atoms with E-state index in [-0.39, 0.29) is 11.9 Å². The Morgan fingerprint density at radius 2 is 1.88 bits per heavy atom. The van der Waals surface area contributed by atoms with Gasteiger partial charge in [0, 0.05) is 34.9 Å². The maximum atomic E-state index is 12.9. The Hall–Kier alpha value is -2.04. The van der Waals surface area contributed by atoms with Crippen LogP contribution < -0.4 is 5.32 Å². The third-order valence-electron chi connectivity index (χ3n) is 4.35. The summed E-state index contributed by atoms with van der Waals surface area (Å²) in [6.07, 6.45) is 0.948. The zero-order valence-corrected chi connectivity index (χ0v) is 14.6. The lowest BCUT2D eigenvalue weighted by Gasteiger charge is -2.17. The molecule has 1 N–H and O–H groups in total. The van der Waals surface area contributed by atoms with Crippen molar-refractivity contribution in [3.63, 3.8) is 0 Å². The van der Waals surface area contributed by atoms with Crippen LogP contribution in [0.5, 0.6) is 0 Å². The molecule has 0 bridgehead atoms. The second-order valence-corrected chi connectivity index (χ2v) is 7.42. The van der Waals surface area contributed by atoms with Crippen molar-refractivity contribution < 1.29 is 4.79 Å². The van der Waals surface area contributed by atoms with Crippen LogP contribution in [0, 0.1) is 0 Å². The molecular weight excluding hydrogens is 340 g/mol. The Bertz CT molecular complexity index is 877. The van der Waals surface area contributed by atoms with Gasteiger partial charge in [0.1, 0.15) is 4.88 Å². The van der Waals surface area contributed by atoms with Crippen LogP contribution in [0.25, 0.3) is 10.1 Å². The molecule has 0 radical (unpaired) electrons. The SMILES string of the molecule is O=C(c1sc2ccccc2c1Cl)N1CCC(Nc2ccccc2)C1. The van der Waals surface area contributed by atoms with Gasteiger partial charge in [-0.2, -0.15) is 0 Å². The summed E-state index contributed by atoms with van der Waals surface area (Å²) in [4.78, 5) is 15.4. The Balaban J connectivity index is 1.50. The molecule has 1 atom stereocenters. The van der Waals surface area contributed by atoms with Gasteiger partial charge in [0.2, 0.25) is 0 Å². The molecule has 0 saturated carbocycles. The number of nitrogens with zero attached hydrogens (tertiary/aromatic N) is 1. The first-order valence-electron chi connectivity index (χ1n) is 8.00. The first kappa shape index (κ1) is 15.5. The third kappa shape index (κ3) is 2.87. The molecule has 4 rings (SSSR count). The molecule has 1 unspecified atom stereocenters. The van der Waals surface area contributed by atoms with E-state index in [1.807, 2.05) is 59.5 Å². The molecule has 0 spiro atoms. The molecule has 1 aliphatic heterocycles. The zero-order chi connectivity index (χ0) is 16.5. The lowest BCUT2D eigenvalue weighted by molar-refractivity contribution is 0.0796. The summed E-state index contributed by atoms with van der Waals surface area (Å²) < 4.78 is 1.06. The number of para-hydroxylation sites is 1. The van der Waals surface area contributed by atoms with E-state index in [0.717, 1.165) is 28.7 Å². The van der Waals surface area contributed by atoms with Gasteiger partial charge in [-0.05, 0) is 24.6 Å². The second-order valence-electron chi connectivity index (χ2n) is 5.99. The van der Waals surface area contributed by atoms with Crippen LogP contribution >= 0.6 is 22.9 Å². The van der Waals surface area contributed by atoms with Gasteiger partial charge in [0.05, 0.1) is 5.02 Å². The highest BCUT2D eigenvalue weighted by atomic mass is 35.5. The molecule has 2 heterocycles. The summed E-state index contributed by atoms with van der Waals surface area (Å²) in [6, 6.07) is 18.3. The zero-order valence-electron chi connectivity index (χ0n) is 13.0. The Kier molecular flexibility index (Phi) is 4.17. The summed E-state index contributed by atoms with van der Waals surface area (Å²) >= 11 is 7.92. The van der Waals surface area contributed by atoms with Gasteiger partial charge in [-0.1, -0.05) is 48.0 Å². The number of thiophene rings is 1. The number of fused-ring (bicyclic) bond motifs is 1. The summed E-state index contributed by atoms with van der Waals surface area (Å²) in [6.45, 7) is 1.46. The van der Waals surface area contributed by atoms with Crippen LogP contribution in [0.4, 0.5) is 5.69 Å². The van der Waals surface area contributed by atoms with Gasteiger partial charge in [-0.25, -0.2) is 0 Å². The van der Waals surface area contributed by atoms with E-state index in [1.54, 1.807) is 0 Å². The number of anilines is 1. The molecule has 1 amide bonds. The van der Waals surface area contributed by atoms with Crippen LogP contribution in [0.3, 0.4) is 0 Å². The molecule has 5 heteroatoms. The van der Waals surface area contributed by atoms with Crippen molar-refractivity contribution in [2.45, 2.75) is 12.5 Å². The molecule has 122 valence electrons. The predicted molar refractivity (Wildman–Crippen MR) is 101 cm³/mol. The molecule has 1 saturated heterocycles. The molecule has 1 fully saturated rings. The van der Waals surface area contributed by atoms with E-state index >= 15 is 0 Å². The first-order chi connectivity index (χ1) is 11.7. The standard InChI is InChI=1S/C19H17ClN2OS/c20-17-15-8-4-5-9-16(15)24-18(17)19(23)22-11-10-14(12-22)21-13-6-2-1-3-7-13/h1-9,14,21H,10-12H2. The van der Waals surface area contributed by atoms with Crippen molar-refractivity contribution in [2.75, 3.05) is 18.4 Å². The van der Waals surface area contributed by atoms with Crippen LogP contribution in [0.2, 0.25) is 5.02 Å². The van der Waals surface area contributed by atoms with E-state index in [9.17, 15) is 4.79 Å². The van der Waals surface area contributed by atoms with Crippen LogP contribution in [0.15, 0.2) is 54.6 Å². The molecular formula is C19H17ClN2OS. The van der Waals surface area contributed by atoms with Gasteiger partial charge < -0.3 is 10.2 Å². The fraction of sp³-hybridized carbons (Fsp3) is 0.211. The number of hydrogen-bond acceptors (Lipinski definition) is 3. The Morgan fingerprint density at radius 1 is 1.12 bits per heavy atom. The van der Waals surface area contributed by atoms with Gasteiger partial charge in [-0.3, -0.25) is 4.79 Å². The summed E-state index contributed by atoms with van der Waals surface area (Å²) in [5, 5.41) is 5.04. The molecule has 0 aliphatic carbocycles. The second kappa shape index (κ2) is 6.46. The molecule has 2 aromatic carbocycles. The van der Waals surface area contributed by atoms with E-state index < -0.39 is 0 Å². The lowest BCUT2D eigenvalue weighted by Crippen LogP contribution is -2.31. The average molecular weight is 357 g/mol. The van der Waals surface area contributed by atoms with Crippen molar-refractivity contribution in [1.82, 2.24) is 4.90 Å². The highest BCUT2D eigenvalue weighted by molar-refractivity contribution is 7.21. The highest BCUT2D eigenvalue weighted by Crippen LogP contribution is 2.36. The van der Waals surface area contributed by atoms with E-state index in [4.69, 9.17) is 11.6 Å². The number of halogens is 1. The summed E-state index contributed by atoms with van der Waals surface area (Å²) in [5.41, 5.74) is 1.09. The number of nitrogens with one attached hydrogen (secondary N) is 1. The predicted octanol–water partition coefficient (Wildman–Crippen LogP) is 4.88. The maximum absolute atomic E-state index is 12.9. The molecule has 3 aromatic rings. The van der Waals surface area contributed by atoms with Crippen molar-refractivity contribution in [3.8, 4) is 0 Å². The van der Waals surface area contributed by atoms with E-state index in [0.29, 0.717) is 16.4 Å². The summed E-state index contributed by atoms with van der Waals surface area (Å²) in [5.74, 6) is 0.0403. The molecule has 1 aromatic heterocycles. The number of amides is 1. The van der Waals surface area contributed by atoms with Gasteiger partial charge in [0.25, 0.3) is 5.91 Å². The minimum Gasteiger partial charge on any atom is -0.380 e. The number of carbonyl (C=O) groups excluding carboxylic acids is 1. The van der Waals surface area contributed by atoms with Crippen molar-refractivity contribution in [1.29, 1.82) is 0 Å². The van der Waals surface area contributed by atoms with Gasteiger partial charge in [-0.15, -0.1) is 11.3 Å². The topological polar surface area (TPSA) is 32.3 Å². The fourth-order valence-electron chi connectivity index (χ4n) is 3.13. The highest BCUT2D eigenvalue weighted by Gasteiger charge is 2.29. The van der Waals surface area contributed by atoms with Crippen molar-refractivity contribution >= 4 is 44.6 Å². The summed E-state index contributed by atoms with van der Waals surface area (Å²) in [7, 11) is 0. The molecule has 3 nitrogen and oxygen atoms in total. The first-order valence-corrected chi connectivity index (χ1v) is 9.20. The number of likely N-dealkylation sites (tertiary alicyclic amines) is 1.